The molecule has 2 aliphatic rings. The molecule has 1 aromatic rings. The van der Waals surface area contributed by atoms with Gasteiger partial charge >= 0.3 is 0 Å². The van der Waals surface area contributed by atoms with Crippen LogP contribution in [0.2, 0.25) is 0 Å². The summed E-state index contributed by atoms with van der Waals surface area (Å²) in [4.78, 5) is 4.52. The van der Waals surface area contributed by atoms with E-state index >= 15 is 0 Å². The zero-order valence-corrected chi connectivity index (χ0v) is 17.1. The molecule has 0 radical (unpaired) electrons. The van der Waals surface area contributed by atoms with Crippen molar-refractivity contribution in [3.8, 4) is 0 Å². The Morgan fingerprint density at radius 3 is 2.38 bits per heavy atom. The molecule has 8 heteroatoms. The Labute approximate surface area is 161 Å². The van der Waals surface area contributed by atoms with E-state index in [1.165, 1.54) is 6.42 Å². The second-order valence-corrected chi connectivity index (χ2v) is 8.14. The van der Waals surface area contributed by atoms with Gasteiger partial charge in [-0.2, -0.15) is 0 Å². The zero-order valence-electron chi connectivity index (χ0n) is 14.0. The maximum Gasteiger partial charge on any atom is 0.240 e. The lowest BCUT2D eigenvalue weighted by molar-refractivity contribution is 0.581. The molecule has 2 aliphatic carbocycles. The van der Waals surface area contributed by atoms with Gasteiger partial charge < -0.3 is 10.6 Å². The van der Waals surface area contributed by atoms with Crippen molar-refractivity contribution in [3.63, 3.8) is 0 Å². The fourth-order valence-electron chi connectivity index (χ4n) is 2.35. The number of hydrogen-bond donors (Lipinski definition) is 3. The molecule has 0 saturated heterocycles. The van der Waals surface area contributed by atoms with Gasteiger partial charge in [0.05, 0.1) is 4.90 Å². The molecule has 0 aromatic heterocycles. The lowest BCUT2D eigenvalue weighted by Crippen LogP contribution is -2.38. The first-order valence-electron chi connectivity index (χ1n) is 8.06. The smallest absolute Gasteiger partial charge is 0.240 e. The number of guanidine groups is 1. The van der Waals surface area contributed by atoms with Crippen LogP contribution in [0.4, 0.5) is 0 Å². The standard InChI is InChI=1S/C16H24N4O2S.HI/c1-11-9-15(11)19-16(17-2)18-10-12-3-7-14(8-4-12)23(21,22)20-13-5-6-13;/h3-4,7-8,11,13,15,20H,5-6,9-10H2,1-2H3,(H2,17,18,19);1H. The van der Waals surface area contributed by atoms with Crippen LogP contribution in [0.1, 0.15) is 31.7 Å². The molecule has 0 bridgehead atoms. The summed E-state index contributed by atoms with van der Waals surface area (Å²) in [5, 5.41) is 6.61. The predicted octanol–water partition coefficient (Wildman–Crippen LogP) is 1.82. The number of nitrogens with one attached hydrogen (secondary N) is 3. The van der Waals surface area contributed by atoms with E-state index in [1.807, 2.05) is 12.1 Å². The van der Waals surface area contributed by atoms with E-state index in [1.54, 1.807) is 19.2 Å². The number of benzene rings is 1. The molecule has 1 aromatic carbocycles. The molecular weight excluding hydrogens is 439 g/mol. The molecule has 0 aliphatic heterocycles. The SMILES string of the molecule is CN=C(NCc1ccc(S(=O)(=O)NC2CC2)cc1)NC1CC1C.I. The minimum absolute atomic E-state index is 0. The predicted molar refractivity (Wildman–Crippen MR) is 106 cm³/mol. The highest BCUT2D eigenvalue weighted by Gasteiger charge is 2.33. The summed E-state index contributed by atoms with van der Waals surface area (Å²) >= 11 is 0. The van der Waals surface area contributed by atoms with E-state index in [4.69, 9.17) is 0 Å². The van der Waals surface area contributed by atoms with E-state index in [0.717, 1.165) is 24.4 Å². The maximum atomic E-state index is 12.1. The number of aliphatic imine (C=N–C) groups is 1. The van der Waals surface area contributed by atoms with Crippen molar-refractivity contribution < 1.29 is 8.42 Å². The lowest BCUT2D eigenvalue weighted by atomic mass is 10.2. The van der Waals surface area contributed by atoms with Gasteiger partial charge in [-0.15, -0.1) is 24.0 Å². The third-order valence-electron chi connectivity index (χ3n) is 4.25. The second-order valence-electron chi connectivity index (χ2n) is 6.43. The van der Waals surface area contributed by atoms with Crippen molar-refractivity contribution in [2.75, 3.05) is 7.05 Å². The van der Waals surface area contributed by atoms with Gasteiger partial charge in [0.25, 0.3) is 0 Å². The van der Waals surface area contributed by atoms with Crippen LogP contribution >= 0.6 is 24.0 Å². The molecule has 134 valence electrons. The average molecular weight is 464 g/mol. The Balaban J connectivity index is 0.00000208. The third-order valence-corrected chi connectivity index (χ3v) is 5.78. The van der Waals surface area contributed by atoms with Gasteiger partial charge in [-0.1, -0.05) is 19.1 Å². The van der Waals surface area contributed by atoms with Crippen molar-refractivity contribution >= 4 is 40.0 Å². The molecule has 2 saturated carbocycles. The molecule has 6 nitrogen and oxygen atoms in total. The van der Waals surface area contributed by atoms with Crippen molar-refractivity contribution in [1.29, 1.82) is 0 Å². The molecule has 0 heterocycles. The second kappa shape index (κ2) is 8.01. The Morgan fingerprint density at radius 2 is 1.88 bits per heavy atom. The Kier molecular flexibility index (Phi) is 6.49. The average Bonchev–Trinajstić information content (AvgIpc) is 3.44. The molecule has 24 heavy (non-hydrogen) atoms. The van der Waals surface area contributed by atoms with Crippen molar-refractivity contribution in [2.24, 2.45) is 10.9 Å². The van der Waals surface area contributed by atoms with Crippen LogP contribution in [0.3, 0.4) is 0 Å². The fraction of sp³-hybridized carbons (Fsp3) is 0.562. The maximum absolute atomic E-state index is 12.1. The van der Waals surface area contributed by atoms with Crippen LogP contribution < -0.4 is 15.4 Å². The van der Waals surface area contributed by atoms with Crippen LogP contribution in [0.15, 0.2) is 34.2 Å². The molecule has 2 atom stereocenters. The minimum atomic E-state index is -3.37. The molecule has 2 unspecified atom stereocenters. The summed E-state index contributed by atoms with van der Waals surface area (Å²) in [6, 6.07) is 7.62. The Morgan fingerprint density at radius 1 is 1.25 bits per heavy atom. The normalized spacial score (nSPS) is 23.3. The van der Waals surface area contributed by atoms with Gasteiger partial charge in [0.1, 0.15) is 0 Å². The highest BCUT2D eigenvalue weighted by atomic mass is 127. The molecule has 2 fully saturated rings. The van der Waals surface area contributed by atoms with E-state index in [2.05, 4.69) is 27.3 Å². The van der Waals surface area contributed by atoms with Crippen LogP contribution in [0.25, 0.3) is 0 Å². The number of hydrogen-bond acceptors (Lipinski definition) is 3. The minimum Gasteiger partial charge on any atom is -0.353 e. The molecule has 0 spiro atoms. The Bertz CT molecular complexity index is 687. The first-order valence-corrected chi connectivity index (χ1v) is 9.55. The molecule has 3 rings (SSSR count). The first-order chi connectivity index (χ1) is 11.0. The monoisotopic (exact) mass is 464 g/mol. The van der Waals surface area contributed by atoms with E-state index < -0.39 is 10.0 Å². The Hall–Kier alpha value is -0.870. The summed E-state index contributed by atoms with van der Waals surface area (Å²) in [5.74, 6) is 1.49. The number of sulfonamides is 1. The van der Waals surface area contributed by atoms with Gasteiger partial charge in [0.15, 0.2) is 5.96 Å². The largest absolute Gasteiger partial charge is 0.353 e. The van der Waals surface area contributed by atoms with Crippen LogP contribution in [0, 0.1) is 5.92 Å². The van der Waals surface area contributed by atoms with Crippen molar-refractivity contribution in [3.05, 3.63) is 29.8 Å². The van der Waals surface area contributed by atoms with E-state index in [9.17, 15) is 8.42 Å². The molecule has 0 amide bonds. The summed E-state index contributed by atoms with van der Waals surface area (Å²) in [6.45, 7) is 2.82. The number of nitrogens with zero attached hydrogens (tertiary/aromatic N) is 1. The zero-order chi connectivity index (χ0) is 16.4. The highest BCUT2D eigenvalue weighted by molar-refractivity contribution is 14.0. The van der Waals surface area contributed by atoms with Crippen LogP contribution in [-0.4, -0.2) is 33.5 Å². The highest BCUT2D eigenvalue weighted by Crippen LogP contribution is 2.28. The lowest BCUT2D eigenvalue weighted by Gasteiger charge is -2.12. The van der Waals surface area contributed by atoms with E-state index in [0.29, 0.717) is 23.4 Å². The van der Waals surface area contributed by atoms with Gasteiger partial charge in [0, 0.05) is 25.7 Å². The van der Waals surface area contributed by atoms with E-state index in [-0.39, 0.29) is 30.0 Å². The topological polar surface area (TPSA) is 82.6 Å². The number of halogens is 1. The van der Waals surface area contributed by atoms with Crippen LogP contribution in [-0.2, 0) is 16.6 Å². The van der Waals surface area contributed by atoms with Crippen molar-refractivity contribution in [1.82, 2.24) is 15.4 Å². The first kappa shape index (κ1) is 19.5. The van der Waals surface area contributed by atoms with Crippen molar-refractivity contribution in [2.45, 2.75) is 49.7 Å². The number of rotatable bonds is 6. The van der Waals surface area contributed by atoms with Gasteiger partial charge in [-0.3, -0.25) is 4.99 Å². The van der Waals surface area contributed by atoms with Crippen LogP contribution in [0.5, 0.6) is 0 Å². The third kappa shape index (κ3) is 5.32. The summed E-state index contributed by atoms with van der Waals surface area (Å²) < 4.78 is 26.9. The summed E-state index contributed by atoms with van der Waals surface area (Å²) in [6.07, 6.45) is 3.06. The molecule has 3 N–H and O–H groups in total. The fourth-order valence-corrected chi connectivity index (χ4v) is 3.66. The van der Waals surface area contributed by atoms with Gasteiger partial charge in [0.2, 0.25) is 10.0 Å². The quantitative estimate of drug-likeness (QED) is 0.341. The van der Waals surface area contributed by atoms with Gasteiger partial charge in [-0.25, -0.2) is 13.1 Å². The van der Waals surface area contributed by atoms with Gasteiger partial charge in [-0.05, 0) is 42.9 Å². The molecular formula is C16H25IN4O2S. The summed E-state index contributed by atoms with van der Waals surface area (Å²) in [5.41, 5.74) is 1.02. The summed E-state index contributed by atoms with van der Waals surface area (Å²) in [7, 11) is -1.62.